The van der Waals surface area contributed by atoms with E-state index in [4.69, 9.17) is 10.2 Å². The van der Waals surface area contributed by atoms with Gasteiger partial charge in [-0.15, -0.1) is 11.3 Å². The Morgan fingerprint density at radius 1 is 1.56 bits per heavy atom. The monoisotopic (exact) mass is 236 g/mol. The minimum atomic E-state index is 0.391. The molecular weight excluding hydrogens is 220 g/mol. The van der Waals surface area contributed by atoms with Crippen molar-refractivity contribution in [2.75, 3.05) is 6.54 Å². The first kappa shape index (κ1) is 11.4. The zero-order chi connectivity index (χ0) is 11.4. The Labute approximate surface area is 99.3 Å². The average Bonchev–Trinajstić information content (AvgIpc) is 2.95. The summed E-state index contributed by atoms with van der Waals surface area (Å²) in [6, 6.07) is 1.93. The zero-order valence-corrected chi connectivity index (χ0v) is 10.2. The molecule has 0 saturated heterocycles. The summed E-state index contributed by atoms with van der Waals surface area (Å²) in [7, 11) is 0. The molecule has 1 unspecified atom stereocenters. The van der Waals surface area contributed by atoms with Gasteiger partial charge in [-0.05, 0) is 12.5 Å². The smallest absolute Gasteiger partial charge is 0.126 e. The van der Waals surface area contributed by atoms with Crippen molar-refractivity contribution in [3.8, 4) is 10.6 Å². The summed E-state index contributed by atoms with van der Waals surface area (Å²) >= 11 is 1.65. The molecule has 0 fully saturated rings. The van der Waals surface area contributed by atoms with E-state index in [2.05, 4.69) is 17.3 Å². The Bertz CT molecular complexity index is 422. The summed E-state index contributed by atoms with van der Waals surface area (Å²) in [4.78, 5) is 4.62. The van der Waals surface area contributed by atoms with Crippen LogP contribution < -0.4 is 5.73 Å². The molecule has 16 heavy (non-hydrogen) atoms. The van der Waals surface area contributed by atoms with Crippen LogP contribution in [0.2, 0.25) is 0 Å². The summed E-state index contributed by atoms with van der Waals surface area (Å²) in [5, 5.41) is 3.12. The second-order valence-corrected chi connectivity index (χ2v) is 4.67. The van der Waals surface area contributed by atoms with E-state index >= 15 is 0 Å². The maximum Gasteiger partial charge on any atom is 0.126 e. The third kappa shape index (κ3) is 2.33. The van der Waals surface area contributed by atoms with E-state index in [1.807, 2.05) is 6.07 Å². The lowest BCUT2D eigenvalue weighted by Crippen LogP contribution is -2.12. The molecule has 0 aliphatic rings. The molecule has 0 bridgehead atoms. The minimum Gasteiger partial charge on any atom is -0.472 e. The number of aromatic nitrogens is 1. The van der Waals surface area contributed by atoms with Gasteiger partial charge in [0.05, 0.1) is 12.0 Å². The van der Waals surface area contributed by atoms with Crippen LogP contribution in [0.4, 0.5) is 0 Å². The van der Waals surface area contributed by atoms with Gasteiger partial charge in [-0.1, -0.05) is 13.3 Å². The molecule has 1 atom stereocenters. The molecule has 2 rings (SSSR count). The van der Waals surface area contributed by atoms with Crippen molar-refractivity contribution in [3.63, 3.8) is 0 Å². The van der Waals surface area contributed by atoms with Crippen molar-refractivity contribution in [3.05, 3.63) is 29.7 Å². The summed E-state index contributed by atoms with van der Waals surface area (Å²) in [5.74, 6) is 0.391. The number of furan rings is 1. The van der Waals surface area contributed by atoms with Crippen LogP contribution in [0.15, 0.2) is 28.4 Å². The standard InChI is InChI=1S/C12H16N2OS/c1-2-3-9(6-13)11-8-16-12(14-11)10-4-5-15-7-10/h4-5,7-9H,2-3,6,13H2,1H3. The molecule has 86 valence electrons. The van der Waals surface area contributed by atoms with Crippen molar-refractivity contribution in [1.29, 1.82) is 0 Å². The van der Waals surface area contributed by atoms with E-state index < -0.39 is 0 Å². The van der Waals surface area contributed by atoms with Crippen molar-refractivity contribution in [2.24, 2.45) is 5.73 Å². The highest BCUT2D eigenvalue weighted by Gasteiger charge is 2.13. The van der Waals surface area contributed by atoms with Gasteiger partial charge in [0, 0.05) is 23.4 Å². The van der Waals surface area contributed by atoms with Crippen LogP contribution in [0.3, 0.4) is 0 Å². The van der Waals surface area contributed by atoms with E-state index in [9.17, 15) is 0 Å². The van der Waals surface area contributed by atoms with Crippen molar-refractivity contribution in [2.45, 2.75) is 25.7 Å². The molecule has 0 aliphatic carbocycles. The van der Waals surface area contributed by atoms with Crippen LogP contribution in [-0.4, -0.2) is 11.5 Å². The maximum atomic E-state index is 5.76. The van der Waals surface area contributed by atoms with Crippen LogP contribution in [0.25, 0.3) is 10.6 Å². The van der Waals surface area contributed by atoms with Gasteiger partial charge in [0.2, 0.25) is 0 Å². The quantitative estimate of drug-likeness (QED) is 0.867. The average molecular weight is 236 g/mol. The van der Waals surface area contributed by atoms with Crippen molar-refractivity contribution in [1.82, 2.24) is 4.98 Å². The molecule has 2 aromatic heterocycles. The summed E-state index contributed by atoms with van der Waals surface area (Å²) in [5.41, 5.74) is 7.93. The molecule has 0 saturated carbocycles. The van der Waals surface area contributed by atoms with Gasteiger partial charge in [0.15, 0.2) is 0 Å². The number of rotatable bonds is 5. The molecule has 2 N–H and O–H groups in total. The molecule has 0 radical (unpaired) electrons. The molecule has 3 nitrogen and oxygen atoms in total. The van der Waals surface area contributed by atoms with E-state index in [1.165, 1.54) is 0 Å². The summed E-state index contributed by atoms with van der Waals surface area (Å²) in [6.07, 6.45) is 5.63. The third-order valence-corrected chi connectivity index (χ3v) is 3.54. The zero-order valence-electron chi connectivity index (χ0n) is 9.35. The molecule has 2 aromatic rings. The second-order valence-electron chi connectivity index (χ2n) is 3.81. The Balaban J connectivity index is 2.18. The van der Waals surface area contributed by atoms with Crippen LogP contribution in [-0.2, 0) is 0 Å². The highest BCUT2D eigenvalue weighted by Crippen LogP contribution is 2.28. The molecule has 4 heteroatoms. The van der Waals surface area contributed by atoms with Crippen LogP contribution in [0.1, 0.15) is 31.4 Å². The van der Waals surface area contributed by atoms with Gasteiger partial charge in [-0.2, -0.15) is 0 Å². The Hall–Kier alpha value is -1.13. The first-order valence-corrected chi connectivity index (χ1v) is 6.41. The maximum absolute atomic E-state index is 5.76. The van der Waals surface area contributed by atoms with E-state index in [1.54, 1.807) is 23.9 Å². The van der Waals surface area contributed by atoms with Gasteiger partial charge in [-0.25, -0.2) is 4.98 Å². The molecule has 0 aromatic carbocycles. The number of nitrogens with zero attached hydrogens (tertiary/aromatic N) is 1. The second kappa shape index (κ2) is 5.27. The first-order chi connectivity index (χ1) is 7.85. The fourth-order valence-corrected chi connectivity index (χ4v) is 2.62. The van der Waals surface area contributed by atoms with Crippen molar-refractivity contribution >= 4 is 11.3 Å². The van der Waals surface area contributed by atoms with Gasteiger partial charge >= 0.3 is 0 Å². The van der Waals surface area contributed by atoms with E-state index in [0.29, 0.717) is 12.5 Å². The SMILES string of the molecule is CCCC(CN)c1csc(-c2ccoc2)n1. The summed E-state index contributed by atoms with van der Waals surface area (Å²) in [6.45, 7) is 2.84. The molecule has 2 heterocycles. The summed E-state index contributed by atoms with van der Waals surface area (Å²) < 4.78 is 5.05. The largest absolute Gasteiger partial charge is 0.472 e. The molecule has 0 amide bonds. The predicted octanol–water partition coefficient (Wildman–Crippen LogP) is 3.25. The fourth-order valence-electron chi connectivity index (χ4n) is 1.73. The van der Waals surface area contributed by atoms with Crippen molar-refractivity contribution < 1.29 is 4.42 Å². The minimum absolute atomic E-state index is 0.391. The third-order valence-electron chi connectivity index (χ3n) is 2.63. The number of hydrogen-bond donors (Lipinski definition) is 1. The first-order valence-electron chi connectivity index (χ1n) is 5.53. The highest BCUT2D eigenvalue weighted by atomic mass is 32.1. The van der Waals surface area contributed by atoms with Gasteiger partial charge in [0.25, 0.3) is 0 Å². The van der Waals surface area contributed by atoms with Crippen LogP contribution >= 0.6 is 11.3 Å². The lowest BCUT2D eigenvalue weighted by molar-refractivity contribution is 0.568. The van der Waals surface area contributed by atoms with E-state index in [0.717, 1.165) is 29.1 Å². The molecule has 0 spiro atoms. The number of thiazole rings is 1. The molecular formula is C12H16N2OS. The molecule has 0 aliphatic heterocycles. The number of nitrogens with two attached hydrogens (primary N) is 1. The Morgan fingerprint density at radius 3 is 3.06 bits per heavy atom. The predicted molar refractivity (Wildman–Crippen MR) is 66.5 cm³/mol. The van der Waals surface area contributed by atoms with Gasteiger partial charge in [-0.3, -0.25) is 0 Å². The van der Waals surface area contributed by atoms with Gasteiger partial charge < -0.3 is 10.2 Å². The topological polar surface area (TPSA) is 52.0 Å². The lowest BCUT2D eigenvalue weighted by atomic mass is 10.0. The van der Waals surface area contributed by atoms with Gasteiger partial charge in [0.1, 0.15) is 11.3 Å². The Morgan fingerprint density at radius 2 is 2.44 bits per heavy atom. The Kier molecular flexibility index (Phi) is 3.74. The highest BCUT2D eigenvalue weighted by molar-refractivity contribution is 7.13. The van der Waals surface area contributed by atoms with Crippen LogP contribution in [0.5, 0.6) is 0 Å². The lowest BCUT2D eigenvalue weighted by Gasteiger charge is -2.09. The normalized spacial score (nSPS) is 12.9. The number of hydrogen-bond acceptors (Lipinski definition) is 4. The van der Waals surface area contributed by atoms with Crippen LogP contribution in [0, 0.1) is 0 Å². The van der Waals surface area contributed by atoms with E-state index in [-0.39, 0.29) is 0 Å². The fraction of sp³-hybridized carbons (Fsp3) is 0.417.